The summed E-state index contributed by atoms with van der Waals surface area (Å²) in [4.78, 5) is 26.7. The Labute approximate surface area is 142 Å². The first-order valence-corrected chi connectivity index (χ1v) is 8.25. The van der Waals surface area contributed by atoms with E-state index in [1.165, 1.54) is 6.26 Å². The van der Waals surface area contributed by atoms with Crippen molar-refractivity contribution in [2.45, 2.75) is 32.2 Å². The highest BCUT2D eigenvalue weighted by Crippen LogP contribution is 2.08. The van der Waals surface area contributed by atoms with Gasteiger partial charge in [0.2, 0.25) is 5.91 Å². The molecule has 1 aromatic heterocycles. The lowest BCUT2D eigenvalue weighted by Gasteiger charge is -2.24. The average molecular weight is 328 g/mol. The Balaban J connectivity index is 2.11. The van der Waals surface area contributed by atoms with E-state index in [9.17, 15) is 9.59 Å². The molecule has 0 bridgehead atoms. The standard InChI is InChI=1S/C19H24N2O3/c1-3-4-12-21(2)19(23)16(14-15-9-6-5-7-10-15)20-18(22)17-11-8-13-24-17/h5-11,13,16H,3-4,12,14H2,1-2H3,(H,20,22). The average Bonchev–Trinajstić information content (AvgIpc) is 3.14. The molecular weight excluding hydrogens is 304 g/mol. The van der Waals surface area contributed by atoms with Gasteiger partial charge in [0.1, 0.15) is 6.04 Å². The molecule has 0 aliphatic heterocycles. The molecule has 5 nitrogen and oxygen atoms in total. The molecule has 5 heteroatoms. The maximum absolute atomic E-state index is 12.7. The van der Waals surface area contributed by atoms with Crippen molar-refractivity contribution in [1.82, 2.24) is 10.2 Å². The number of furan rings is 1. The van der Waals surface area contributed by atoms with Crippen LogP contribution in [0.1, 0.15) is 35.9 Å². The van der Waals surface area contributed by atoms with Crippen LogP contribution in [-0.2, 0) is 11.2 Å². The van der Waals surface area contributed by atoms with Gasteiger partial charge >= 0.3 is 0 Å². The number of carbonyl (C=O) groups excluding carboxylic acids is 2. The third kappa shape index (κ3) is 4.98. The van der Waals surface area contributed by atoms with Gasteiger partial charge in [0.05, 0.1) is 6.26 Å². The first kappa shape index (κ1) is 17.8. The van der Waals surface area contributed by atoms with Crippen molar-refractivity contribution >= 4 is 11.8 Å². The summed E-state index contributed by atoms with van der Waals surface area (Å²) in [6.45, 7) is 2.76. The van der Waals surface area contributed by atoms with Crippen LogP contribution in [0.4, 0.5) is 0 Å². The highest BCUT2D eigenvalue weighted by molar-refractivity contribution is 5.95. The van der Waals surface area contributed by atoms with Crippen molar-refractivity contribution in [2.75, 3.05) is 13.6 Å². The summed E-state index contributed by atoms with van der Waals surface area (Å²) in [5.74, 6) is -0.262. The fraction of sp³-hybridized carbons (Fsp3) is 0.368. The smallest absolute Gasteiger partial charge is 0.287 e. The summed E-state index contributed by atoms with van der Waals surface area (Å²) in [6, 6.07) is 12.3. The summed E-state index contributed by atoms with van der Waals surface area (Å²) >= 11 is 0. The lowest BCUT2D eigenvalue weighted by atomic mass is 10.0. The van der Waals surface area contributed by atoms with Gasteiger partial charge in [-0.05, 0) is 24.1 Å². The Hall–Kier alpha value is -2.56. The van der Waals surface area contributed by atoms with E-state index in [4.69, 9.17) is 4.42 Å². The molecule has 0 aliphatic carbocycles. The Morgan fingerprint density at radius 1 is 1.17 bits per heavy atom. The number of carbonyl (C=O) groups is 2. The summed E-state index contributed by atoms with van der Waals surface area (Å²) in [7, 11) is 1.77. The summed E-state index contributed by atoms with van der Waals surface area (Å²) in [5.41, 5.74) is 1.000. The summed E-state index contributed by atoms with van der Waals surface area (Å²) in [6.07, 6.45) is 3.84. The number of nitrogens with one attached hydrogen (secondary N) is 1. The molecule has 0 saturated heterocycles. The third-order valence-electron chi connectivity index (χ3n) is 3.85. The number of likely N-dealkylation sites (N-methyl/N-ethyl adjacent to an activating group) is 1. The fourth-order valence-electron chi connectivity index (χ4n) is 2.46. The van der Waals surface area contributed by atoms with E-state index in [-0.39, 0.29) is 17.6 Å². The van der Waals surface area contributed by atoms with Gasteiger partial charge in [-0.2, -0.15) is 0 Å². The minimum atomic E-state index is -0.619. The molecule has 1 unspecified atom stereocenters. The fourth-order valence-corrected chi connectivity index (χ4v) is 2.46. The minimum absolute atomic E-state index is 0.0905. The predicted molar refractivity (Wildman–Crippen MR) is 92.7 cm³/mol. The Bertz CT molecular complexity index is 638. The topological polar surface area (TPSA) is 62.6 Å². The number of hydrogen-bond donors (Lipinski definition) is 1. The van der Waals surface area contributed by atoms with Crippen LogP contribution < -0.4 is 5.32 Å². The van der Waals surface area contributed by atoms with Gasteiger partial charge in [-0.1, -0.05) is 43.7 Å². The van der Waals surface area contributed by atoms with Gasteiger partial charge < -0.3 is 14.6 Å². The maximum Gasteiger partial charge on any atom is 0.287 e. The second kappa shape index (κ2) is 8.91. The van der Waals surface area contributed by atoms with Crippen LogP contribution in [0.3, 0.4) is 0 Å². The molecule has 0 fully saturated rings. The van der Waals surface area contributed by atoms with Gasteiger partial charge in [0, 0.05) is 20.0 Å². The summed E-state index contributed by atoms with van der Waals surface area (Å²) < 4.78 is 5.11. The lowest BCUT2D eigenvalue weighted by molar-refractivity contribution is -0.132. The zero-order chi connectivity index (χ0) is 17.4. The van der Waals surface area contributed by atoms with Crippen LogP contribution in [-0.4, -0.2) is 36.3 Å². The third-order valence-corrected chi connectivity index (χ3v) is 3.85. The molecule has 0 radical (unpaired) electrons. The van der Waals surface area contributed by atoms with Crippen molar-refractivity contribution in [3.05, 3.63) is 60.1 Å². The van der Waals surface area contributed by atoms with Gasteiger partial charge in [-0.25, -0.2) is 0 Å². The van der Waals surface area contributed by atoms with Crippen molar-refractivity contribution in [3.63, 3.8) is 0 Å². The molecule has 24 heavy (non-hydrogen) atoms. The van der Waals surface area contributed by atoms with E-state index < -0.39 is 6.04 Å². The normalized spacial score (nSPS) is 11.8. The van der Waals surface area contributed by atoms with Crippen molar-refractivity contribution < 1.29 is 14.0 Å². The van der Waals surface area contributed by atoms with Crippen molar-refractivity contribution in [2.24, 2.45) is 0 Å². The van der Waals surface area contributed by atoms with Crippen LogP contribution in [0.15, 0.2) is 53.1 Å². The monoisotopic (exact) mass is 328 g/mol. The van der Waals surface area contributed by atoms with Gasteiger partial charge in [0.25, 0.3) is 5.91 Å². The summed E-state index contributed by atoms with van der Waals surface area (Å²) in [5, 5.41) is 2.80. The molecule has 1 heterocycles. The minimum Gasteiger partial charge on any atom is -0.459 e. The van der Waals surface area contributed by atoms with E-state index in [2.05, 4.69) is 12.2 Å². The number of nitrogens with zero attached hydrogens (tertiary/aromatic N) is 1. The van der Waals surface area contributed by atoms with E-state index in [0.29, 0.717) is 13.0 Å². The molecule has 1 atom stereocenters. The van der Waals surface area contributed by atoms with E-state index in [1.54, 1.807) is 24.1 Å². The SMILES string of the molecule is CCCCN(C)C(=O)C(Cc1ccccc1)NC(=O)c1ccco1. The Morgan fingerprint density at radius 2 is 1.92 bits per heavy atom. The quantitative estimate of drug-likeness (QED) is 0.810. The maximum atomic E-state index is 12.7. The van der Waals surface area contributed by atoms with Gasteiger partial charge in [0.15, 0.2) is 5.76 Å². The molecule has 0 saturated carbocycles. The van der Waals surface area contributed by atoms with Crippen LogP contribution in [0.5, 0.6) is 0 Å². The van der Waals surface area contributed by atoms with Crippen LogP contribution in [0.2, 0.25) is 0 Å². The van der Waals surface area contributed by atoms with E-state index >= 15 is 0 Å². The second-order valence-electron chi connectivity index (χ2n) is 5.81. The van der Waals surface area contributed by atoms with E-state index in [0.717, 1.165) is 18.4 Å². The highest BCUT2D eigenvalue weighted by atomic mass is 16.3. The zero-order valence-electron chi connectivity index (χ0n) is 14.2. The molecule has 2 amide bonds. The molecule has 128 valence electrons. The zero-order valence-corrected chi connectivity index (χ0v) is 14.2. The Kier molecular flexibility index (Phi) is 6.61. The van der Waals surface area contributed by atoms with Crippen molar-refractivity contribution in [3.8, 4) is 0 Å². The Morgan fingerprint density at radius 3 is 2.54 bits per heavy atom. The molecule has 1 aromatic carbocycles. The first-order valence-electron chi connectivity index (χ1n) is 8.25. The van der Waals surface area contributed by atoms with E-state index in [1.807, 2.05) is 30.3 Å². The molecule has 2 rings (SSSR count). The number of benzene rings is 1. The number of hydrogen-bond acceptors (Lipinski definition) is 3. The number of unbranched alkanes of at least 4 members (excludes halogenated alkanes) is 1. The molecule has 0 spiro atoms. The van der Waals surface area contributed by atoms with Crippen LogP contribution in [0.25, 0.3) is 0 Å². The molecule has 2 aromatic rings. The number of amides is 2. The van der Waals surface area contributed by atoms with Crippen molar-refractivity contribution in [1.29, 1.82) is 0 Å². The molecule has 1 N–H and O–H groups in total. The highest BCUT2D eigenvalue weighted by Gasteiger charge is 2.25. The first-order chi connectivity index (χ1) is 11.6. The molecular formula is C19H24N2O3. The van der Waals surface area contributed by atoms with Gasteiger partial charge in [-0.3, -0.25) is 9.59 Å². The second-order valence-corrected chi connectivity index (χ2v) is 5.81. The molecule has 0 aliphatic rings. The largest absolute Gasteiger partial charge is 0.459 e. The van der Waals surface area contributed by atoms with Crippen LogP contribution >= 0.6 is 0 Å². The number of rotatable bonds is 8. The van der Waals surface area contributed by atoms with Crippen LogP contribution in [0, 0.1) is 0 Å². The predicted octanol–water partition coefficient (Wildman–Crippen LogP) is 2.88. The lowest BCUT2D eigenvalue weighted by Crippen LogP contribution is -2.48. The van der Waals surface area contributed by atoms with Gasteiger partial charge in [-0.15, -0.1) is 0 Å².